The Balaban J connectivity index is 2.53. The molecule has 118 valence electrons. The molecule has 1 aromatic rings. The lowest BCUT2D eigenvalue weighted by atomic mass is 9.83. The minimum Gasteiger partial charge on any atom is -0.496 e. The molecule has 0 aliphatic heterocycles. The Morgan fingerprint density at radius 2 is 2.10 bits per heavy atom. The third-order valence-corrected chi connectivity index (χ3v) is 5.83. The highest BCUT2D eigenvalue weighted by Crippen LogP contribution is 2.45. The molecule has 3 atom stereocenters. The molecule has 0 heterocycles. The van der Waals surface area contributed by atoms with Crippen molar-refractivity contribution in [1.82, 2.24) is 5.32 Å². The lowest BCUT2D eigenvalue weighted by Gasteiger charge is -2.31. The van der Waals surface area contributed by atoms with E-state index < -0.39 is 0 Å². The molecule has 2 rings (SSSR count). The molecule has 1 aliphatic rings. The fraction of sp³-hybridized carbons (Fsp3) is 0.667. The number of aryl methyl sites for hydroxylation is 1. The van der Waals surface area contributed by atoms with Gasteiger partial charge in [-0.2, -0.15) is 0 Å². The Morgan fingerprint density at radius 3 is 2.62 bits per heavy atom. The number of hydrogen-bond acceptors (Lipinski definition) is 2. The summed E-state index contributed by atoms with van der Waals surface area (Å²) in [5.74, 6) is 2.53. The van der Waals surface area contributed by atoms with Crippen molar-refractivity contribution in [2.45, 2.75) is 53.0 Å². The van der Waals surface area contributed by atoms with E-state index in [0.717, 1.165) is 18.2 Å². The first kappa shape index (κ1) is 16.8. The SMILES string of the molecule is CCNC(c1c(C)c(Br)cc(C)c1OC)C1CCCC1C. The predicted octanol–water partition coefficient (Wildman–Crippen LogP) is 5.16. The highest BCUT2D eigenvalue weighted by Gasteiger charge is 2.34. The Labute approximate surface area is 137 Å². The smallest absolute Gasteiger partial charge is 0.126 e. The van der Waals surface area contributed by atoms with Crippen molar-refractivity contribution in [3.8, 4) is 5.75 Å². The lowest BCUT2D eigenvalue weighted by Crippen LogP contribution is -2.31. The molecule has 0 aromatic heterocycles. The summed E-state index contributed by atoms with van der Waals surface area (Å²) in [6.07, 6.45) is 4.01. The number of ether oxygens (including phenoxy) is 1. The molecule has 0 amide bonds. The molecule has 1 saturated carbocycles. The van der Waals surface area contributed by atoms with E-state index >= 15 is 0 Å². The second-order valence-corrected chi connectivity index (χ2v) is 7.21. The average molecular weight is 354 g/mol. The van der Waals surface area contributed by atoms with Crippen LogP contribution in [0.3, 0.4) is 0 Å². The van der Waals surface area contributed by atoms with Gasteiger partial charge in [0.2, 0.25) is 0 Å². The summed E-state index contributed by atoms with van der Waals surface area (Å²) in [6, 6.07) is 2.55. The third kappa shape index (κ3) is 3.29. The maximum atomic E-state index is 5.77. The summed E-state index contributed by atoms with van der Waals surface area (Å²) in [5.41, 5.74) is 3.87. The number of halogens is 1. The van der Waals surface area contributed by atoms with Crippen LogP contribution in [0.2, 0.25) is 0 Å². The van der Waals surface area contributed by atoms with E-state index in [4.69, 9.17) is 4.74 Å². The molecular weight excluding hydrogens is 326 g/mol. The van der Waals surface area contributed by atoms with Crippen molar-refractivity contribution < 1.29 is 4.74 Å². The van der Waals surface area contributed by atoms with Crippen LogP contribution in [0.1, 0.15) is 55.8 Å². The largest absolute Gasteiger partial charge is 0.496 e. The Kier molecular flexibility index (Phi) is 5.73. The van der Waals surface area contributed by atoms with Gasteiger partial charge in [0.25, 0.3) is 0 Å². The molecule has 3 heteroatoms. The van der Waals surface area contributed by atoms with Gasteiger partial charge in [0.05, 0.1) is 7.11 Å². The van der Waals surface area contributed by atoms with Gasteiger partial charge in [-0.25, -0.2) is 0 Å². The van der Waals surface area contributed by atoms with E-state index in [1.807, 2.05) is 0 Å². The first-order valence-electron chi connectivity index (χ1n) is 8.08. The molecule has 1 fully saturated rings. The first-order chi connectivity index (χ1) is 10.0. The van der Waals surface area contributed by atoms with Gasteiger partial charge in [-0.3, -0.25) is 0 Å². The molecule has 0 saturated heterocycles. The van der Waals surface area contributed by atoms with Gasteiger partial charge in [-0.05, 0) is 55.8 Å². The van der Waals surface area contributed by atoms with Crippen LogP contribution in [0.25, 0.3) is 0 Å². The van der Waals surface area contributed by atoms with Crippen molar-refractivity contribution in [2.75, 3.05) is 13.7 Å². The minimum atomic E-state index is 0.388. The van der Waals surface area contributed by atoms with E-state index in [1.54, 1.807) is 7.11 Å². The zero-order valence-electron chi connectivity index (χ0n) is 13.9. The summed E-state index contributed by atoms with van der Waals surface area (Å²) in [7, 11) is 1.79. The molecular formula is C18H28BrNO. The molecule has 0 bridgehead atoms. The summed E-state index contributed by atoms with van der Waals surface area (Å²) < 4.78 is 6.96. The molecule has 3 unspecified atom stereocenters. The second kappa shape index (κ2) is 7.15. The standard InChI is InChI=1S/C18H28BrNO/c1-6-20-17(14-9-7-8-11(14)2)16-13(4)15(19)10-12(3)18(16)21-5/h10-11,14,17,20H,6-9H2,1-5H3. The second-order valence-electron chi connectivity index (χ2n) is 6.35. The monoisotopic (exact) mass is 353 g/mol. The molecule has 0 spiro atoms. The maximum absolute atomic E-state index is 5.77. The van der Waals surface area contributed by atoms with Crippen LogP contribution in [0, 0.1) is 25.7 Å². The first-order valence-corrected chi connectivity index (χ1v) is 8.87. The van der Waals surface area contributed by atoms with Gasteiger partial charge in [0.15, 0.2) is 0 Å². The van der Waals surface area contributed by atoms with E-state index in [9.17, 15) is 0 Å². The van der Waals surface area contributed by atoms with Crippen LogP contribution in [0.15, 0.2) is 10.5 Å². The van der Waals surface area contributed by atoms with Gasteiger partial charge >= 0.3 is 0 Å². The molecule has 0 radical (unpaired) electrons. The van der Waals surface area contributed by atoms with Gasteiger partial charge in [-0.15, -0.1) is 0 Å². The van der Waals surface area contributed by atoms with Crippen LogP contribution in [-0.4, -0.2) is 13.7 Å². The number of benzene rings is 1. The average Bonchev–Trinajstić information content (AvgIpc) is 2.86. The minimum absolute atomic E-state index is 0.388. The van der Waals surface area contributed by atoms with Crippen LogP contribution in [-0.2, 0) is 0 Å². The van der Waals surface area contributed by atoms with Crippen LogP contribution in [0.4, 0.5) is 0 Å². The lowest BCUT2D eigenvalue weighted by molar-refractivity contribution is 0.294. The Hall–Kier alpha value is -0.540. The highest BCUT2D eigenvalue weighted by molar-refractivity contribution is 9.10. The van der Waals surface area contributed by atoms with E-state index in [0.29, 0.717) is 12.0 Å². The van der Waals surface area contributed by atoms with Gasteiger partial charge in [-0.1, -0.05) is 42.6 Å². The van der Waals surface area contributed by atoms with Gasteiger partial charge in [0.1, 0.15) is 5.75 Å². The Bertz CT molecular complexity index is 500. The highest BCUT2D eigenvalue weighted by atomic mass is 79.9. The van der Waals surface area contributed by atoms with Gasteiger partial charge < -0.3 is 10.1 Å². The number of methoxy groups -OCH3 is 1. The van der Waals surface area contributed by atoms with Crippen LogP contribution in [0.5, 0.6) is 5.75 Å². The van der Waals surface area contributed by atoms with E-state index in [-0.39, 0.29) is 0 Å². The zero-order valence-corrected chi connectivity index (χ0v) is 15.5. The van der Waals surface area contributed by atoms with Crippen molar-refractivity contribution in [1.29, 1.82) is 0 Å². The number of hydrogen-bond donors (Lipinski definition) is 1. The molecule has 21 heavy (non-hydrogen) atoms. The van der Waals surface area contributed by atoms with E-state index in [1.165, 1.54) is 40.4 Å². The third-order valence-electron chi connectivity index (χ3n) is 5.00. The van der Waals surface area contributed by atoms with Crippen molar-refractivity contribution >= 4 is 15.9 Å². The van der Waals surface area contributed by atoms with Crippen LogP contribution >= 0.6 is 15.9 Å². The fourth-order valence-electron chi connectivity index (χ4n) is 3.88. The Morgan fingerprint density at radius 1 is 1.38 bits per heavy atom. The summed E-state index contributed by atoms with van der Waals surface area (Å²) in [6.45, 7) is 9.91. The fourth-order valence-corrected chi connectivity index (χ4v) is 4.43. The number of nitrogens with one attached hydrogen (secondary N) is 1. The quantitative estimate of drug-likeness (QED) is 0.788. The normalized spacial score (nSPS) is 23.3. The topological polar surface area (TPSA) is 21.3 Å². The van der Waals surface area contributed by atoms with Crippen molar-refractivity contribution in [3.05, 3.63) is 27.2 Å². The zero-order chi connectivity index (χ0) is 15.6. The summed E-state index contributed by atoms with van der Waals surface area (Å²) in [4.78, 5) is 0. The maximum Gasteiger partial charge on any atom is 0.126 e. The molecule has 1 aliphatic carbocycles. The van der Waals surface area contributed by atoms with Crippen molar-refractivity contribution in [3.63, 3.8) is 0 Å². The number of rotatable bonds is 5. The van der Waals surface area contributed by atoms with Gasteiger partial charge in [0, 0.05) is 16.1 Å². The molecule has 1 aromatic carbocycles. The van der Waals surface area contributed by atoms with E-state index in [2.05, 4.69) is 55.0 Å². The summed E-state index contributed by atoms with van der Waals surface area (Å²) in [5, 5.41) is 3.74. The summed E-state index contributed by atoms with van der Waals surface area (Å²) >= 11 is 3.72. The van der Waals surface area contributed by atoms with Crippen molar-refractivity contribution in [2.24, 2.45) is 11.8 Å². The van der Waals surface area contributed by atoms with Crippen LogP contribution < -0.4 is 10.1 Å². The molecule has 1 N–H and O–H groups in total. The molecule has 2 nitrogen and oxygen atoms in total. The predicted molar refractivity (Wildman–Crippen MR) is 93.1 cm³/mol.